The molecule has 0 bridgehead atoms. The number of para-hydroxylation sites is 1. The predicted octanol–water partition coefficient (Wildman–Crippen LogP) is 6.24. The number of amides is 2. The van der Waals surface area contributed by atoms with Crippen LogP contribution in [0.2, 0.25) is 0 Å². The second kappa shape index (κ2) is 8.51. The van der Waals surface area contributed by atoms with Crippen LogP contribution in [0.5, 0.6) is 5.75 Å². The first-order chi connectivity index (χ1) is 16.0. The van der Waals surface area contributed by atoms with Gasteiger partial charge in [0.2, 0.25) is 0 Å². The summed E-state index contributed by atoms with van der Waals surface area (Å²) in [6.07, 6.45) is 2.07. The van der Waals surface area contributed by atoms with E-state index in [1.807, 2.05) is 66.4 Å². The van der Waals surface area contributed by atoms with Crippen molar-refractivity contribution in [2.24, 2.45) is 0 Å². The van der Waals surface area contributed by atoms with Gasteiger partial charge in [0.15, 0.2) is 0 Å². The fourth-order valence-corrected chi connectivity index (χ4v) is 4.62. The predicted molar refractivity (Wildman–Crippen MR) is 131 cm³/mol. The number of methoxy groups -OCH3 is 1. The van der Waals surface area contributed by atoms with Crippen LogP contribution in [0.3, 0.4) is 0 Å². The van der Waals surface area contributed by atoms with Gasteiger partial charge >= 0.3 is 6.03 Å². The van der Waals surface area contributed by atoms with Gasteiger partial charge in [-0.25, -0.2) is 4.79 Å². The second-order valence-electron chi connectivity index (χ2n) is 8.48. The van der Waals surface area contributed by atoms with Crippen molar-refractivity contribution in [1.29, 1.82) is 0 Å². The summed E-state index contributed by atoms with van der Waals surface area (Å²) >= 11 is 0. The van der Waals surface area contributed by atoms with Gasteiger partial charge in [0.1, 0.15) is 5.75 Å². The van der Waals surface area contributed by atoms with E-state index in [1.165, 1.54) is 5.56 Å². The number of aryl methyl sites for hydroxylation is 2. The second-order valence-corrected chi connectivity index (χ2v) is 8.48. The van der Waals surface area contributed by atoms with Crippen LogP contribution in [0.25, 0.3) is 5.69 Å². The number of nitrogens with zero attached hydrogens (tertiary/aromatic N) is 2. The third-order valence-electron chi connectivity index (χ3n) is 6.28. The summed E-state index contributed by atoms with van der Waals surface area (Å²) in [6.45, 7) is 4.57. The summed E-state index contributed by atoms with van der Waals surface area (Å²) in [6, 6.07) is 26.0. The molecule has 4 aromatic rings. The molecule has 0 radical (unpaired) electrons. The average Bonchev–Trinajstić information content (AvgIpc) is 3.25. The molecule has 0 spiro atoms. The Morgan fingerprint density at radius 1 is 0.970 bits per heavy atom. The fourth-order valence-electron chi connectivity index (χ4n) is 4.62. The smallest absolute Gasteiger partial charge is 0.322 e. The maximum atomic E-state index is 13.8. The van der Waals surface area contributed by atoms with Gasteiger partial charge < -0.3 is 19.5 Å². The largest absolute Gasteiger partial charge is 0.497 e. The summed E-state index contributed by atoms with van der Waals surface area (Å²) < 4.78 is 7.55. The van der Waals surface area contributed by atoms with Crippen molar-refractivity contribution < 1.29 is 9.53 Å². The molecule has 1 atom stereocenters. The van der Waals surface area contributed by atoms with Crippen molar-refractivity contribution in [3.05, 3.63) is 113 Å². The quantitative estimate of drug-likeness (QED) is 0.412. The zero-order valence-electron chi connectivity index (χ0n) is 19.1. The average molecular weight is 438 g/mol. The maximum absolute atomic E-state index is 13.8. The Kier molecular flexibility index (Phi) is 5.38. The lowest BCUT2D eigenvalue weighted by Crippen LogP contribution is -2.38. The number of ether oxygens (including phenoxy) is 1. The van der Waals surface area contributed by atoms with Crippen molar-refractivity contribution in [3.63, 3.8) is 0 Å². The van der Waals surface area contributed by atoms with Gasteiger partial charge in [-0.05, 0) is 66.9 Å². The Balaban J connectivity index is 1.62. The van der Waals surface area contributed by atoms with Gasteiger partial charge in [0, 0.05) is 17.6 Å². The van der Waals surface area contributed by atoms with Crippen LogP contribution in [0.4, 0.5) is 10.5 Å². The zero-order chi connectivity index (χ0) is 22.9. The number of carbonyl (C=O) groups is 1. The Morgan fingerprint density at radius 2 is 1.76 bits per heavy atom. The molecule has 2 amide bonds. The standard InChI is InChI=1S/C28H27N3O2/c1-19-10-15-24(20(2)17-19)29-28(32)31-18-22-7-4-5-8-25(22)30-16-6-9-26(30)27(31)21-11-13-23(33-3)14-12-21/h4-17,27H,18H2,1-3H3,(H,29,32)/t27-/m1/s1. The summed E-state index contributed by atoms with van der Waals surface area (Å²) in [4.78, 5) is 15.7. The number of rotatable bonds is 3. The molecule has 3 aromatic carbocycles. The molecule has 0 fully saturated rings. The van der Waals surface area contributed by atoms with Gasteiger partial charge in [-0.3, -0.25) is 0 Å². The summed E-state index contributed by atoms with van der Waals surface area (Å²) in [5, 5.41) is 3.16. The van der Waals surface area contributed by atoms with Gasteiger partial charge in [0.25, 0.3) is 0 Å². The summed E-state index contributed by atoms with van der Waals surface area (Å²) in [7, 11) is 1.66. The molecule has 33 heavy (non-hydrogen) atoms. The monoisotopic (exact) mass is 437 g/mol. The molecule has 0 saturated carbocycles. The Labute approximate surface area is 194 Å². The summed E-state index contributed by atoms with van der Waals surface area (Å²) in [5.41, 5.74) is 7.30. The molecule has 1 aliphatic heterocycles. The third kappa shape index (κ3) is 3.87. The van der Waals surface area contributed by atoms with E-state index in [0.717, 1.165) is 39.5 Å². The molecular formula is C28H27N3O2. The first-order valence-corrected chi connectivity index (χ1v) is 11.1. The highest BCUT2D eigenvalue weighted by Gasteiger charge is 2.33. The van der Waals surface area contributed by atoms with E-state index < -0.39 is 0 Å². The van der Waals surface area contributed by atoms with Crippen LogP contribution in [-0.2, 0) is 6.54 Å². The first-order valence-electron chi connectivity index (χ1n) is 11.1. The number of nitrogens with one attached hydrogen (secondary N) is 1. The highest BCUT2D eigenvalue weighted by atomic mass is 16.5. The highest BCUT2D eigenvalue weighted by Crippen LogP contribution is 2.37. The van der Waals surface area contributed by atoms with Crippen molar-refractivity contribution >= 4 is 11.7 Å². The van der Waals surface area contributed by atoms with E-state index >= 15 is 0 Å². The lowest BCUT2D eigenvalue weighted by atomic mass is 10.0. The van der Waals surface area contributed by atoms with Gasteiger partial charge in [-0.15, -0.1) is 0 Å². The number of fused-ring (bicyclic) bond motifs is 3. The number of carbonyl (C=O) groups excluding carboxylic acids is 1. The zero-order valence-corrected chi connectivity index (χ0v) is 19.1. The number of anilines is 1. The van der Waals surface area contributed by atoms with Crippen LogP contribution in [-0.4, -0.2) is 22.6 Å². The molecule has 0 saturated heterocycles. The van der Waals surface area contributed by atoms with Gasteiger partial charge in [-0.1, -0.05) is 48.0 Å². The minimum Gasteiger partial charge on any atom is -0.497 e. The minimum atomic E-state index is -0.260. The van der Waals surface area contributed by atoms with E-state index in [-0.39, 0.29) is 12.1 Å². The Bertz CT molecular complexity index is 1310. The van der Waals surface area contributed by atoms with E-state index in [0.29, 0.717) is 6.54 Å². The number of urea groups is 1. The highest BCUT2D eigenvalue weighted by molar-refractivity contribution is 5.91. The SMILES string of the molecule is COc1ccc([C@@H]2c3cccn3-c3ccccc3CN2C(=O)Nc2ccc(C)cc2C)cc1. The van der Waals surface area contributed by atoms with Crippen LogP contribution < -0.4 is 10.1 Å². The van der Waals surface area contributed by atoms with Crippen LogP contribution >= 0.6 is 0 Å². The topological polar surface area (TPSA) is 46.5 Å². The normalized spacial score (nSPS) is 14.8. The fraction of sp³-hybridized carbons (Fsp3) is 0.179. The van der Waals surface area contributed by atoms with Crippen molar-refractivity contribution in [1.82, 2.24) is 9.47 Å². The molecular weight excluding hydrogens is 410 g/mol. The van der Waals surface area contributed by atoms with Crippen LogP contribution in [0, 0.1) is 13.8 Å². The van der Waals surface area contributed by atoms with E-state index in [9.17, 15) is 4.79 Å². The molecule has 1 aliphatic rings. The minimum absolute atomic E-state index is 0.132. The number of hydrogen-bond acceptors (Lipinski definition) is 2. The molecule has 1 aromatic heterocycles. The molecule has 5 rings (SSSR count). The lowest BCUT2D eigenvalue weighted by Gasteiger charge is -2.31. The molecule has 0 unspecified atom stereocenters. The van der Waals surface area contributed by atoms with E-state index in [2.05, 4.69) is 47.3 Å². The maximum Gasteiger partial charge on any atom is 0.322 e. The van der Waals surface area contributed by atoms with E-state index in [1.54, 1.807) is 7.11 Å². The van der Waals surface area contributed by atoms with Gasteiger partial charge in [0.05, 0.1) is 25.4 Å². The number of benzene rings is 3. The Hall–Kier alpha value is -3.99. The molecule has 5 heteroatoms. The third-order valence-corrected chi connectivity index (χ3v) is 6.28. The van der Waals surface area contributed by atoms with Crippen molar-refractivity contribution in [3.8, 4) is 11.4 Å². The Morgan fingerprint density at radius 3 is 2.52 bits per heavy atom. The number of aromatic nitrogens is 1. The van der Waals surface area contributed by atoms with Gasteiger partial charge in [-0.2, -0.15) is 0 Å². The first kappa shape index (κ1) is 20.9. The number of hydrogen-bond donors (Lipinski definition) is 1. The summed E-state index contributed by atoms with van der Waals surface area (Å²) in [5.74, 6) is 0.789. The molecule has 1 N–H and O–H groups in total. The van der Waals surface area contributed by atoms with E-state index in [4.69, 9.17) is 4.74 Å². The molecule has 0 aliphatic carbocycles. The molecule has 2 heterocycles. The molecule has 5 nitrogen and oxygen atoms in total. The van der Waals surface area contributed by atoms with Crippen LogP contribution in [0.15, 0.2) is 85.1 Å². The van der Waals surface area contributed by atoms with Crippen molar-refractivity contribution in [2.45, 2.75) is 26.4 Å². The lowest BCUT2D eigenvalue weighted by molar-refractivity contribution is 0.194. The molecule has 166 valence electrons. The van der Waals surface area contributed by atoms with Crippen molar-refractivity contribution in [2.75, 3.05) is 12.4 Å². The van der Waals surface area contributed by atoms with Crippen LogP contribution in [0.1, 0.15) is 34.0 Å².